The van der Waals surface area contributed by atoms with Crippen molar-refractivity contribution in [3.8, 4) is 17.4 Å². The zero-order chi connectivity index (χ0) is 14.7. The van der Waals surface area contributed by atoms with Crippen LogP contribution in [0.4, 0.5) is 10.3 Å². The van der Waals surface area contributed by atoms with Gasteiger partial charge in [-0.15, -0.1) is 0 Å². The molecule has 1 heterocycles. The highest BCUT2D eigenvalue weighted by Gasteiger charge is 2.11. The van der Waals surface area contributed by atoms with E-state index in [4.69, 9.17) is 4.74 Å². The molecule has 0 aliphatic rings. The van der Waals surface area contributed by atoms with Crippen LogP contribution in [-0.4, -0.2) is 28.1 Å². The minimum absolute atomic E-state index is 0.0512. The van der Waals surface area contributed by atoms with E-state index in [9.17, 15) is 4.39 Å². The van der Waals surface area contributed by atoms with Gasteiger partial charge < -0.3 is 10.1 Å². The van der Waals surface area contributed by atoms with Crippen LogP contribution in [0.5, 0.6) is 6.01 Å². The molecule has 1 aromatic heterocycles. The number of hydrogen-bond donors (Lipinski definition) is 1. The van der Waals surface area contributed by atoms with Crippen molar-refractivity contribution in [2.24, 2.45) is 0 Å². The number of anilines is 1. The molecule has 0 radical (unpaired) electrons. The molecule has 2 rings (SSSR count). The van der Waals surface area contributed by atoms with E-state index in [0.717, 1.165) is 0 Å². The maximum absolute atomic E-state index is 13.6. The van der Waals surface area contributed by atoms with E-state index in [1.54, 1.807) is 26.1 Å². The summed E-state index contributed by atoms with van der Waals surface area (Å²) in [6.07, 6.45) is -0.0512. The van der Waals surface area contributed by atoms with Crippen LogP contribution in [0.1, 0.15) is 19.4 Å². The SMILES string of the molecule is CNc1nc(OC(C)C)nc(-c2ccc(C)c(F)c2)n1. The van der Waals surface area contributed by atoms with E-state index in [0.29, 0.717) is 22.9 Å². The molecule has 0 saturated heterocycles. The summed E-state index contributed by atoms with van der Waals surface area (Å²) in [5.74, 6) is 0.464. The molecule has 1 N–H and O–H groups in total. The fourth-order valence-corrected chi connectivity index (χ4v) is 1.59. The van der Waals surface area contributed by atoms with Gasteiger partial charge in [-0.3, -0.25) is 0 Å². The lowest BCUT2D eigenvalue weighted by Gasteiger charge is -2.10. The smallest absolute Gasteiger partial charge is 0.322 e. The van der Waals surface area contributed by atoms with Crippen LogP contribution in [0.2, 0.25) is 0 Å². The van der Waals surface area contributed by atoms with Crippen molar-refractivity contribution in [2.75, 3.05) is 12.4 Å². The monoisotopic (exact) mass is 276 g/mol. The van der Waals surface area contributed by atoms with Gasteiger partial charge in [0.25, 0.3) is 0 Å². The molecule has 0 aliphatic heterocycles. The number of nitrogens with one attached hydrogen (secondary N) is 1. The number of aromatic nitrogens is 3. The third-order valence-electron chi connectivity index (χ3n) is 2.61. The highest BCUT2D eigenvalue weighted by Crippen LogP contribution is 2.21. The molecule has 20 heavy (non-hydrogen) atoms. The van der Waals surface area contributed by atoms with Crippen molar-refractivity contribution in [1.29, 1.82) is 0 Å². The Morgan fingerprint density at radius 1 is 1.20 bits per heavy atom. The largest absolute Gasteiger partial charge is 0.461 e. The van der Waals surface area contributed by atoms with Gasteiger partial charge in [0.15, 0.2) is 5.82 Å². The van der Waals surface area contributed by atoms with Crippen molar-refractivity contribution in [1.82, 2.24) is 15.0 Å². The molecule has 0 unspecified atom stereocenters. The average molecular weight is 276 g/mol. The molecule has 0 amide bonds. The standard InChI is InChI=1S/C14H17FN4O/c1-8(2)20-14-18-12(17-13(16-4)19-14)10-6-5-9(3)11(15)7-10/h5-8H,1-4H3,(H,16,17,18,19). The Labute approximate surface area is 117 Å². The first-order chi connectivity index (χ1) is 9.49. The van der Waals surface area contributed by atoms with Crippen LogP contribution in [0.15, 0.2) is 18.2 Å². The third-order valence-corrected chi connectivity index (χ3v) is 2.61. The lowest BCUT2D eigenvalue weighted by atomic mass is 10.1. The second kappa shape index (κ2) is 5.81. The molecule has 6 heteroatoms. The van der Waals surface area contributed by atoms with Gasteiger partial charge in [0.2, 0.25) is 5.95 Å². The minimum atomic E-state index is -0.291. The van der Waals surface area contributed by atoms with E-state index < -0.39 is 0 Å². The van der Waals surface area contributed by atoms with Gasteiger partial charge in [0.05, 0.1) is 6.10 Å². The first-order valence-electron chi connectivity index (χ1n) is 6.36. The van der Waals surface area contributed by atoms with E-state index in [1.807, 2.05) is 13.8 Å². The van der Waals surface area contributed by atoms with E-state index in [1.165, 1.54) is 6.07 Å². The van der Waals surface area contributed by atoms with Crippen LogP contribution in [-0.2, 0) is 0 Å². The number of aryl methyl sites for hydroxylation is 1. The lowest BCUT2D eigenvalue weighted by molar-refractivity contribution is 0.222. The highest BCUT2D eigenvalue weighted by atomic mass is 19.1. The molecular weight excluding hydrogens is 259 g/mol. The molecule has 0 aliphatic carbocycles. The minimum Gasteiger partial charge on any atom is -0.461 e. The van der Waals surface area contributed by atoms with Gasteiger partial charge in [-0.05, 0) is 32.4 Å². The summed E-state index contributed by atoms with van der Waals surface area (Å²) in [5.41, 5.74) is 1.16. The Morgan fingerprint density at radius 2 is 1.95 bits per heavy atom. The van der Waals surface area contributed by atoms with Crippen molar-refractivity contribution in [2.45, 2.75) is 26.9 Å². The Bertz CT molecular complexity index is 616. The maximum atomic E-state index is 13.6. The zero-order valence-corrected chi connectivity index (χ0v) is 11.9. The summed E-state index contributed by atoms with van der Waals surface area (Å²) in [4.78, 5) is 12.5. The second-order valence-corrected chi connectivity index (χ2v) is 4.65. The predicted molar refractivity (Wildman–Crippen MR) is 75.3 cm³/mol. The molecule has 0 saturated carbocycles. The van der Waals surface area contributed by atoms with Gasteiger partial charge in [0, 0.05) is 12.6 Å². The summed E-state index contributed by atoms with van der Waals surface area (Å²) >= 11 is 0. The highest BCUT2D eigenvalue weighted by molar-refractivity contribution is 5.57. The topological polar surface area (TPSA) is 59.9 Å². The number of halogens is 1. The number of benzene rings is 1. The number of nitrogens with zero attached hydrogens (tertiary/aromatic N) is 3. The van der Waals surface area contributed by atoms with E-state index >= 15 is 0 Å². The summed E-state index contributed by atoms with van der Waals surface area (Å²) < 4.78 is 19.1. The molecular formula is C14H17FN4O. The van der Waals surface area contributed by atoms with E-state index in [2.05, 4.69) is 20.3 Å². The van der Waals surface area contributed by atoms with Crippen LogP contribution >= 0.6 is 0 Å². The normalized spacial score (nSPS) is 10.7. The number of ether oxygens (including phenoxy) is 1. The van der Waals surface area contributed by atoms with Crippen molar-refractivity contribution in [3.63, 3.8) is 0 Å². The zero-order valence-electron chi connectivity index (χ0n) is 11.9. The Hall–Kier alpha value is -2.24. The molecule has 5 nitrogen and oxygen atoms in total. The lowest BCUT2D eigenvalue weighted by Crippen LogP contribution is -2.11. The van der Waals surface area contributed by atoms with Crippen LogP contribution < -0.4 is 10.1 Å². The molecule has 0 bridgehead atoms. The van der Waals surface area contributed by atoms with Gasteiger partial charge in [0.1, 0.15) is 5.82 Å². The molecule has 2 aromatic rings. The van der Waals surface area contributed by atoms with Crippen LogP contribution in [0, 0.1) is 12.7 Å². The van der Waals surface area contributed by atoms with Gasteiger partial charge in [-0.25, -0.2) is 4.39 Å². The summed E-state index contributed by atoms with van der Waals surface area (Å²) in [7, 11) is 1.70. The quantitative estimate of drug-likeness (QED) is 0.930. The predicted octanol–water partition coefficient (Wildman–Crippen LogP) is 2.82. The van der Waals surface area contributed by atoms with Gasteiger partial charge in [-0.2, -0.15) is 15.0 Å². The fraction of sp³-hybridized carbons (Fsp3) is 0.357. The molecule has 0 spiro atoms. The Morgan fingerprint density at radius 3 is 2.55 bits per heavy atom. The van der Waals surface area contributed by atoms with Gasteiger partial charge >= 0.3 is 6.01 Å². The number of rotatable bonds is 4. The molecule has 1 aromatic carbocycles. The van der Waals surface area contributed by atoms with Crippen LogP contribution in [0.25, 0.3) is 11.4 Å². The first-order valence-corrected chi connectivity index (χ1v) is 6.36. The Kier molecular flexibility index (Phi) is 4.12. The van der Waals surface area contributed by atoms with Gasteiger partial charge in [-0.1, -0.05) is 12.1 Å². The fourth-order valence-electron chi connectivity index (χ4n) is 1.59. The first kappa shape index (κ1) is 14.2. The summed E-state index contributed by atoms with van der Waals surface area (Å²) in [6, 6.07) is 5.09. The van der Waals surface area contributed by atoms with Crippen molar-refractivity contribution in [3.05, 3.63) is 29.6 Å². The van der Waals surface area contributed by atoms with Crippen molar-refractivity contribution >= 4 is 5.95 Å². The maximum Gasteiger partial charge on any atom is 0.322 e. The number of hydrogen-bond acceptors (Lipinski definition) is 5. The van der Waals surface area contributed by atoms with Crippen LogP contribution in [0.3, 0.4) is 0 Å². The Balaban J connectivity index is 2.46. The third kappa shape index (κ3) is 3.20. The van der Waals surface area contributed by atoms with E-state index in [-0.39, 0.29) is 17.9 Å². The van der Waals surface area contributed by atoms with Crippen molar-refractivity contribution < 1.29 is 9.13 Å². The summed E-state index contributed by atoms with van der Waals surface area (Å²) in [5, 5.41) is 2.84. The molecule has 0 atom stereocenters. The second-order valence-electron chi connectivity index (χ2n) is 4.65. The summed E-state index contributed by atoms with van der Waals surface area (Å²) in [6.45, 7) is 5.47. The molecule has 0 fully saturated rings. The molecule has 106 valence electrons. The average Bonchev–Trinajstić information content (AvgIpc) is 2.40.